The Kier molecular flexibility index (Phi) is 6.07. The van der Waals surface area contributed by atoms with E-state index in [-0.39, 0.29) is 0 Å². The van der Waals surface area contributed by atoms with Gasteiger partial charge >= 0.3 is 0 Å². The molecule has 1 aliphatic heterocycles. The van der Waals surface area contributed by atoms with Crippen molar-refractivity contribution in [1.82, 2.24) is 14.9 Å². The van der Waals surface area contributed by atoms with Gasteiger partial charge in [0.05, 0.1) is 0 Å². The fraction of sp³-hybridized carbons (Fsp3) is 0.560. The molecule has 1 aliphatic carbocycles. The second-order valence-electron chi connectivity index (χ2n) is 9.37. The number of hydrogen-bond acceptors (Lipinski definition) is 4. The van der Waals surface area contributed by atoms with Crippen LogP contribution in [0, 0.1) is 25.7 Å². The van der Waals surface area contributed by atoms with Crippen LogP contribution in [0.15, 0.2) is 24.3 Å². The molecule has 1 saturated carbocycles. The van der Waals surface area contributed by atoms with E-state index < -0.39 is 0 Å². The van der Waals surface area contributed by atoms with Crippen LogP contribution >= 0.6 is 0 Å². The summed E-state index contributed by atoms with van der Waals surface area (Å²) in [4.78, 5) is 26.8. The Labute approximate surface area is 180 Å². The van der Waals surface area contributed by atoms with Crippen LogP contribution < -0.4 is 4.90 Å². The van der Waals surface area contributed by atoms with Gasteiger partial charge in [0, 0.05) is 56.2 Å². The standard InChI is InChI=1S/C25H34N4O/c1-17(2)15-23-26-19(4)22(16-20-7-5-18(3)6-8-20)24(27-23)28-11-13-29(14-12-28)25(30)21-9-10-21/h5-8,17,21H,9-16H2,1-4H3. The topological polar surface area (TPSA) is 49.3 Å². The zero-order chi connectivity index (χ0) is 21.3. The van der Waals surface area contributed by atoms with Gasteiger partial charge in [0.2, 0.25) is 5.91 Å². The second kappa shape index (κ2) is 8.75. The average Bonchev–Trinajstić information content (AvgIpc) is 3.56. The molecule has 5 nitrogen and oxygen atoms in total. The van der Waals surface area contributed by atoms with Crippen molar-refractivity contribution in [1.29, 1.82) is 0 Å². The van der Waals surface area contributed by atoms with Crippen LogP contribution in [0.25, 0.3) is 0 Å². The van der Waals surface area contributed by atoms with Crippen LogP contribution in [0.4, 0.5) is 5.82 Å². The first-order valence-electron chi connectivity index (χ1n) is 11.4. The number of anilines is 1. The number of rotatable bonds is 6. The number of piperazine rings is 1. The molecule has 0 bridgehead atoms. The summed E-state index contributed by atoms with van der Waals surface area (Å²) in [5.74, 6) is 3.17. The third-order valence-corrected chi connectivity index (χ3v) is 6.15. The predicted octanol–water partition coefficient (Wildman–Crippen LogP) is 3.94. The Morgan fingerprint density at radius 1 is 1.03 bits per heavy atom. The van der Waals surface area contributed by atoms with Crippen LogP contribution in [0.5, 0.6) is 0 Å². The van der Waals surface area contributed by atoms with E-state index in [4.69, 9.17) is 9.97 Å². The highest BCUT2D eigenvalue weighted by molar-refractivity contribution is 5.81. The van der Waals surface area contributed by atoms with E-state index >= 15 is 0 Å². The van der Waals surface area contributed by atoms with E-state index in [9.17, 15) is 4.79 Å². The molecule has 2 fully saturated rings. The van der Waals surface area contributed by atoms with Gasteiger partial charge in [-0.1, -0.05) is 43.7 Å². The maximum Gasteiger partial charge on any atom is 0.225 e. The van der Waals surface area contributed by atoms with E-state index in [0.29, 0.717) is 17.7 Å². The summed E-state index contributed by atoms with van der Waals surface area (Å²) >= 11 is 0. The fourth-order valence-electron chi connectivity index (χ4n) is 4.20. The molecule has 2 heterocycles. The van der Waals surface area contributed by atoms with E-state index in [1.807, 2.05) is 0 Å². The maximum atomic E-state index is 12.5. The molecule has 0 N–H and O–H groups in total. The summed E-state index contributed by atoms with van der Waals surface area (Å²) in [5.41, 5.74) is 4.85. The Morgan fingerprint density at radius 3 is 2.30 bits per heavy atom. The molecule has 2 aliphatic rings. The van der Waals surface area contributed by atoms with Gasteiger partial charge in [0.25, 0.3) is 0 Å². The average molecular weight is 407 g/mol. The van der Waals surface area contributed by atoms with E-state index in [1.165, 1.54) is 16.7 Å². The monoisotopic (exact) mass is 406 g/mol. The number of amides is 1. The third-order valence-electron chi connectivity index (χ3n) is 6.15. The molecule has 0 spiro atoms. The summed E-state index contributed by atoms with van der Waals surface area (Å²) in [5, 5.41) is 0. The Balaban J connectivity index is 1.59. The summed E-state index contributed by atoms with van der Waals surface area (Å²) in [6.45, 7) is 11.9. The number of aromatic nitrogens is 2. The summed E-state index contributed by atoms with van der Waals surface area (Å²) in [7, 11) is 0. The SMILES string of the molecule is Cc1ccc(Cc2c(C)nc(CC(C)C)nc2N2CCN(C(=O)C3CC3)CC2)cc1. The van der Waals surface area contributed by atoms with Crippen molar-refractivity contribution in [2.24, 2.45) is 11.8 Å². The van der Waals surface area contributed by atoms with Crippen molar-refractivity contribution in [3.8, 4) is 0 Å². The van der Waals surface area contributed by atoms with E-state index in [0.717, 1.165) is 69.2 Å². The van der Waals surface area contributed by atoms with Gasteiger partial charge in [0.1, 0.15) is 11.6 Å². The molecule has 1 saturated heterocycles. The number of nitrogens with zero attached hydrogens (tertiary/aromatic N) is 4. The molecule has 0 unspecified atom stereocenters. The molecule has 160 valence electrons. The smallest absolute Gasteiger partial charge is 0.225 e. The van der Waals surface area contributed by atoms with Gasteiger partial charge in [-0.3, -0.25) is 4.79 Å². The molecule has 0 radical (unpaired) electrons. The van der Waals surface area contributed by atoms with Gasteiger partial charge in [-0.25, -0.2) is 9.97 Å². The predicted molar refractivity (Wildman–Crippen MR) is 121 cm³/mol. The lowest BCUT2D eigenvalue weighted by molar-refractivity contribution is -0.132. The van der Waals surface area contributed by atoms with Gasteiger partial charge in [-0.15, -0.1) is 0 Å². The number of hydrogen-bond donors (Lipinski definition) is 0. The Bertz CT molecular complexity index is 894. The minimum atomic E-state index is 0.299. The van der Waals surface area contributed by atoms with E-state index in [1.54, 1.807) is 0 Å². The highest BCUT2D eigenvalue weighted by atomic mass is 16.2. The third kappa shape index (κ3) is 4.82. The van der Waals surface area contributed by atoms with Crippen LogP contribution in [0.3, 0.4) is 0 Å². The van der Waals surface area contributed by atoms with E-state index in [2.05, 4.69) is 61.8 Å². The first-order chi connectivity index (χ1) is 14.4. The minimum Gasteiger partial charge on any atom is -0.353 e. The highest BCUT2D eigenvalue weighted by Gasteiger charge is 2.35. The molecule has 4 rings (SSSR count). The lowest BCUT2D eigenvalue weighted by Crippen LogP contribution is -2.49. The van der Waals surface area contributed by atoms with Crippen molar-refractivity contribution >= 4 is 11.7 Å². The second-order valence-corrected chi connectivity index (χ2v) is 9.37. The van der Waals surface area contributed by atoms with Crippen LogP contribution in [-0.4, -0.2) is 47.0 Å². The quantitative estimate of drug-likeness (QED) is 0.729. The summed E-state index contributed by atoms with van der Waals surface area (Å²) in [6.07, 6.45) is 3.87. The number of aryl methyl sites for hydroxylation is 2. The van der Waals surface area contributed by atoms with Gasteiger partial charge in [-0.2, -0.15) is 0 Å². The van der Waals surface area contributed by atoms with Crippen LogP contribution in [0.2, 0.25) is 0 Å². The first-order valence-corrected chi connectivity index (χ1v) is 11.4. The first kappa shape index (κ1) is 20.8. The summed E-state index contributed by atoms with van der Waals surface area (Å²) in [6, 6.07) is 8.74. The molecule has 1 amide bonds. The van der Waals surface area contributed by atoms with Crippen molar-refractivity contribution in [3.05, 3.63) is 52.5 Å². The van der Waals surface area contributed by atoms with Gasteiger partial charge in [-0.05, 0) is 38.2 Å². The molecule has 30 heavy (non-hydrogen) atoms. The van der Waals surface area contributed by atoms with Crippen molar-refractivity contribution in [2.75, 3.05) is 31.1 Å². The van der Waals surface area contributed by atoms with Crippen molar-refractivity contribution in [2.45, 2.75) is 53.4 Å². The van der Waals surface area contributed by atoms with Gasteiger partial charge in [0.15, 0.2) is 0 Å². The molecule has 1 aromatic carbocycles. The molecule has 0 atom stereocenters. The molecule has 5 heteroatoms. The number of benzene rings is 1. The number of carbonyl (C=O) groups excluding carboxylic acids is 1. The minimum absolute atomic E-state index is 0.299. The largest absolute Gasteiger partial charge is 0.353 e. The maximum absolute atomic E-state index is 12.5. The molecular weight excluding hydrogens is 372 g/mol. The summed E-state index contributed by atoms with van der Waals surface area (Å²) < 4.78 is 0. The van der Waals surface area contributed by atoms with Crippen LogP contribution in [-0.2, 0) is 17.6 Å². The normalized spacial score (nSPS) is 17.0. The van der Waals surface area contributed by atoms with Crippen molar-refractivity contribution < 1.29 is 4.79 Å². The lowest BCUT2D eigenvalue weighted by Gasteiger charge is -2.36. The Morgan fingerprint density at radius 2 is 1.70 bits per heavy atom. The van der Waals surface area contributed by atoms with Gasteiger partial charge < -0.3 is 9.80 Å². The number of carbonyl (C=O) groups is 1. The molecule has 2 aromatic rings. The molecule has 1 aromatic heterocycles. The van der Waals surface area contributed by atoms with Crippen LogP contribution in [0.1, 0.15) is 54.9 Å². The van der Waals surface area contributed by atoms with Crippen molar-refractivity contribution in [3.63, 3.8) is 0 Å². The zero-order valence-corrected chi connectivity index (χ0v) is 18.8. The Hall–Kier alpha value is -2.43. The fourth-order valence-corrected chi connectivity index (χ4v) is 4.20. The lowest BCUT2D eigenvalue weighted by atomic mass is 10.0. The zero-order valence-electron chi connectivity index (χ0n) is 18.8. The molecular formula is C25H34N4O. The highest BCUT2D eigenvalue weighted by Crippen LogP contribution is 2.32.